The van der Waals surface area contributed by atoms with Gasteiger partial charge in [-0.1, -0.05) is 0 Å². The van der Waals surface area contributed by atoms with Crippen molar-refractivity contribution in [1.29, 1.82) is 0 Å². The third kappa shape index (κ3) is 5.14. The lowest BCUT2D eigenvalue weighted by atomic mass is 10.1. The van der Waals surface area contributed by atoms with E-state index in [9.17, 15) is 13.2 Å². The molecule has 16 heavy (non-hydrogen) atoms. The molecule has 0 bridgehead atoms. The van der Waals surface area contributed by atoms with Gasteiger partial charge in [0.05, 0.1) is 6.61 Å². The van der Waals surface area contributed by atoms with Crippen LogP contribution in [0.2, 0.25) is 0 Å². The minimum absolute atomic E-state index is 0.135. The highest BCUT2D eigenvalue weighted by molar-refractivity contribution is 4.80. The first-order valence-electron chi connectivity index (χ1n) is 5.50. The van der Waals surface area contributed by atoms with Crippen LogP contribution in [0.1, 0.15) is 13.8 Å². The summed E-state index contributed by atoms with van der Waals surface area (Å²) < 4.78 is 40.0. The fraction of sp³-hybridized carbons (Fsp3) is 1.00. The summed E-state index contributed by atoms with van der Waals surface area (Å²) in [5, 5.41) is 3.31. The van der Waals surface area contributed by atoms with E-state index in [1.54, 1.807) is 0 Å². The monoisotopic (exact) mass is 240 g/mol. The zero-order valence-corrected chi connectivity index (χ0v) is 9.68. The van der Waals surface area contributed by atoms with E-state index in [-0.39, 0.29) is 6.61 Å². The van der Waals surface area contributed by atoms with E-state index in [0.717, 1.165) is 13.1 Å². The molecule has 3 nitrogen and oxygen atoms in total. The van der Waals surface area contributed by atoms with Gasteiger partial charge in [-0.25, -0.2) is 0 Å². The molecule has 2 atom stereocenters. The lowest BCUT2D eigenvalue weighted by Crippen LogP contribution is -2.55. The molecule has 0 radical (unpaired) electrons. The number of rotatable bonds is 4. The van der Waals surface area contributed by atoms with Gasteiger partial charge in [-0.15, -0.1) is 0 Å². The molecule has 6 heteroatoms. The van der Waals surface area contributed by atoms with Gasteiger partial charge in [-0.05, 0) is 13.8 Å². The Morgan fingerprint density at radius 3 is 2.69 bits per heavy atom. The van der Waals surface area contributed by atoms with Crippen molar-refractivity contribution < 1.29 is 17.9 Å². The third-order valence-electron chi connectivity index (χ3n) is 2.68. The van der Waals surface area contributed by atoms with Crippen molar-refractivity contribution in [3.63, 3.8) is 0 Å². The van der Waals surface area contributed by atoms with Gasteiger partial charge < -0.3 is 10.1 Å². The Bertz CT molecular complexity index is 211. The average molecular weight is 240 g/mol. The van der Waals surface area contributed by atoms with Gasteiger partial charge in [0.15, 0.2) is 0 Å². The lowest BCUT2D eigenvalue weighted by molar-refractivity contribution is -0.175. The van der Waals surface area contributed by atoms with Gasteiger partial charge in [-0.3, -0.25) is 4.90 Å². The first-order chi connectivity index (χ1) is 7.38. The average Bonchev–Trinajstić information content (AvgIpc) is 2.16. The number of ether oxygens (including phenoxy) is 1. The number of alkyl halides is 3. The van der Waals surface area contributed by atoms with Crippen LogP contribution in [0.3, 0.4) is 0 Å². The zero-order valence-electron chi connectivity index (χ0n) is 9.68. The van der Waals surface area contributed by atoms with Crippen LogP contribution < -0.4 is 5.32 Å². The molecule has 1 fully saturated rings. The van der Waals surface area contributed by atoms with Gasteiger partial charge in [0.1, 0.15) is 6.61 Å². The standard InChI is InChI=1S/C10H19F3N2O/c1-8-6-15(9(2)5-14-8)3-4-16-7-10(11,12)13/h8-9,14H,3-7H2,1-2H3. The van der Waals surface area contributed by atoms with Crippen molar-refractivity contribution in [3.8, 4) is 0 Å². The van der Waals surface area contributed by atoms with Crippen LogP contribution in [-0.4, -0.2) is 56.0 Å². The van der Waals surface area contributed by atoms with E-state index in [2.05, 4.69) is 28.8 Å². The second kappa shape index (κ2) is 5.84. The van der Waals surface area contributed by atoms with Crippen molar-refractivity contribution in [2.75, 3.05) is 32.8 Å². The smallest absolute Gasteiger partial charge is 0.371 e. The quantitative estimate of drug-likeness (QED) is 0.748. The molecule has 1 aliphatic heterocycles. The summed E-state index contributed by atoms with van der Waals surface area (Å²) in [4.78, 5) is 2.15. The number of nitrogens with zero attached hydrogens (tertiary/aromatic N) is 1. The van der Waals surface area contributed by atoms with Gasteiger partial charge >= 0.3 is 6.18 Å². The molecule has 0 saturated carbocycles. The van der Waals surface area contributed by atoms with Crippen LogP contribution in [0.5, 0.6) is 0 Å². The summed E-state index contributed by atoms with van der Waals surface area (Å²) in [5.41, 5.74) is 0. The molecule has 1 saturated heterocycles. The normalized spacial score (nSPS) is 28.3. The number of hydrogen-bond donors (Lipinski definition) is 1. The minimum Gasteiger partial charge on any atom is -0.371 e. The maximum atomic E-state index is 11.8. The van der Waals surface area contributed by atoms with E-state index in [4.69, 9.17) is 0 Å². The SMILES string of the molecule is CC1CN(CCOCC(F)(F)F)C(C)CN1. The summed E-state index contributed by atoms with van der Waals surface area (Å²) >= 11 is 0. The molecule has 2 unspecified atom stereocenters. The molecular weight excluding hydrogens is 221 g/mol. The number of halogens is 3. The zero-order chi connectivity index (χ0) is 12.2. The maximum Gasteiger partial charge on any atom is 0.411 e. The summed E-state index contributed by atoms with van der Waals surface area (Å²) in [6, 6.07) is 0.740. The number of nitrogens with one attached hydrogen (secondary N) is 1. The van der Waals surface area contributed by atoms with Crippen LogP contribution in [0.4, 0.5) is 13.2 Å². The number of piperazine rings is 1. The Morgan fingerprint density at radius 1 is 1.38 bits per heavy atom. The van der Waals surface area contributed by atoms with Crippen LogP contribution in [0.15, 0.2) is 0 Å². The van der Waals surface area contributed by atoms with Gasteiger partial charge in [0.25, 0.3) is 0 Å². The maximum absolute atomic E-state index is 11.8. The molecular formula is C10H19F3N2O. The Morgan fingerprint density at radius 2 is 2.06 bits per heavy atom. The third-order valence-corrected chi connectivity index (χ3v) is 2.68. The fourth-order valence-corrected chi connectivity index (χ4v) is 1.78. The van der Waals surface area contributed by atoms with Crippen molar-refractivity contribution in [2.45, 2.75) is 32.1 Å². The van der Waals surface area contributed by atoms with Crippen molar-refractivity contribution in [2.24, 2.45) is 0 Å². The molecule has 1 rings (SSSR count). The van der Waals surface area contributed by atoms with E-state index in [1.165, 1.54) is 0 Å². The molecule has 0 spiro atoms. The highest BCUT2D eigenvalue weighted by Gasteiger charge is 2.28. The van der Waals surface area contributed by atoms with Gasteiger partial charge in [0, 0.05) is 31.7 Å². The molecule has 1 N–H and O–H groups in total. The molecule has 1 aliphatic rings. The van der Waals surface area contributed by atoms with Crippen LogP contribution >= 0.6 is 0 Å². The predicted molar refractivity (Wildman–Crippen MR) is 55.4 cm³/mol. The van der Waals surface area contributed by atoms with Crippen molar-refractivity contribution >= 4 is 0 Å². The molecule has 1 heterocycles. The molecule has 0 aliphatic carbocycles. The minimum atomic E-state index is -4.22. The summed E-state index contributed by atoms with van der Waals surface area (Å²) in [6.45, 7) is 5.40. The van der Waals surface area contributed by atoms with E-state index in [0.29, 0.717) is 18.6 Å². The number of hydrogen-bond acceptors (Lipinski definition) is 3. The Balaban J connectivity index is 2.16. The van der Waals surface area contributed by atoms with Crippen LogP contribution in [0, 0.1) is 0 Å². The molecule has 0 amide bonds. The van der Waals surface area contributed by atoms with E-state index < -0.39 is 12.8 Å². The highest BCUT2D eigenvalue weighted by Crippen LogP contribution is 2.14. The van der Waals surface area contributed by atoms with Crippen LogP contribution in [0.25, 0.3) is 0 Å². The topological polar surface area (TPSA) is 24.5 Å². The van der Waals surface area contributed by atoms with Gasteiger partial charge in [0.2, 0.25) is 0 Å². The first kappa shape index (κ1) is 13.7. The summed E-state index contributed by atoms with van der Waals surface area (Å²) in [5.74, 6) is 0. The highest BCUT2D eigenvalue weighted by atomic mass is 19.4. The van der Waals surface area contributed by atoms with E-state index in [1.807, 2.05) is 0 Å². The lowest BCUT2D eigenvalue weighted by Gasteiger charge is -2.37. The van der Waals surface area contributed by atoms with Crippen molar-refractivity contribution in [1.82, 2.24) is 10.2 Å². The fourth-order valence-electron chi connectivity index (χ4n) is 1.78. The Hall–Kier alpha value is -0.330. The largest absolute Gasteiger partial charge is 0.411 e. The second-order valence-electron chi connectivity index (χ2n) is 4.32. The Labute approximate surface area is 93.9 Å². The Kier molecular flexibility index (Phi) is 5.01. The first-order valence-corrected chi connectivity index (χ1v) is 5.50. The summed E-state index contributed by atoms with van der Waals surface area (Å²) in [6.07, 6.45) is -4.22. The van der Waals surface area contributed by atoms with Crippen LogP contribution in [-0.2, 0) is 4.74 Å². The second-order valence-corrected chi connectivity index (χ2v) is 4.32. The van der Waals surface area contributed by atoms with Crippen molar-refractivity contribution in [3.05, 3.63) is 0 Å². The molecule has 0 aromatic rings. The molecule has 96 valence electrons. The predicted octanol–water partition coefficient (Wildman–Crippen LogP) is 1.25. The molecule has 0 aromatic carbocycles. The van der Waals surface area contributed by atoms with Gasteiger partial charge in [-0.2, -0.15) is 13.2 Å². The summed E-state index contributed by atoms with van der Waals surface area (Å²) in [7, 11) is 0. The molecule has 0 aromatic heterocycles. The van der Waals surface area contributed by atoms with E-state index >= 15 is 0 Å².